The van der Waals surface area contributed by atoms with Gasteiger partial charge in [-0.25, -0.2) is 0 Å². The molecule has 3 nitrogen and oxygen atoms in total. The first-order valence-corrected chi connectivity index (χ1v) is 14.2. The number of benzene rings is 6. The molecular formula is C36H21BrN2O. The van der Waals surface area contributed by atoms with Crippen molar-refractivity contribution in [2.75, 3.05) is 0 Å². The van der Waals surface area contributed by atoms with Gasteiger partial charge in [-0.05, 0) is 54.6 Å². The van der Waals surface area contributed by atoms with Crippen molar-refractivity contribution < 1.29 is 4.42 Å². The fourth-order valence-corrected chi connectivity index (χ4v) is 6.89. The molecule has 0 unspecified atom stereocenters. The normalized spacial score (nSPS) is 12.1. The van der Waals surface area contributed by atoms with Gasteiger partial charge in [0, 0.05) is 31.4 Å². The first kappa shape index (κ1) is 22.1. The summed E-state index contributed by atoms with van der Waals surface area (Å²) in [5.41, 5.74) is 8.73. The molecule has 9 rings (SSSR count). The Balaban J connectivity index is 1.45. The lowest BCUT2D eigenvalue weighted by Gasteiger charge is -2.16. The molecule has 0 saturated heterocycles. The minimum Gasteiger partial charge on any atom is -0.455 e. The minimum atomic E-state index is 0.915. The fraction of sp³-hybridized carbons (Fsp3) is 0. The highest BCUT2D eigenvalue weighted by Crippen LogP contribution is 2.42. The van der Waals surface area contributed by atoms with E-state index in [4.69, 9.17) is 4.42 Å². The first-order chi connectivity index (χ1) is 19.8. The second-order valence-electron chi connectivity index (χ2n) is 10.3. The number of furan rings is 1. The summed E-state index contributed by atoms with van der Waals surface area (Å²) in [6, 6.07) is 45.3. The van der Waals surface area contributed by atoms with Gasteiger partial charge in [0.1, 0.15) is 11.2 Å². The van der Waals surface area contributed by atoms with Crippen molar-refractivity contribution in [1.29, 1.82) is 0 Å². The van der Waals surface area contributed by atoms with Gasteiger partial charge in [0.15, 0.2) is 0 Å². The lowest BCUT2D eigenvalue weighted by molar-refractivity contribution is 0.673. The molecule has 188 valence electrons. The summed E-state index contributed by atoms with van der Waals surface area (Å²) in [7, 11) is 0. The Labute approximate surface area is 237 Å². The van der Waals surface area contributed by atoms with E-state index in [0.717, 1.165) is 54.2 Å². The van der Waals surface area contributed by atoms with E-state index in [9.17, 15) is 0 Å². The summed E-state index contributed by atoms with van der Waals surface area (Å²) in [6.07, 6.45) is 0. The predicted molar refractivity (Wildman–Crippen MR) is 170 cm³/mol. The smallest absolute Gasteiger partial charge is 0.145 e. The van der Waals surface area contributed by atoms with Gasteiger partial charge in [-0.15, -0.1) is 0 Å². The van der Waals surface area contributed by atoms with Crippen LogP contribution in [0.5, 0.6) is 0 Å². The monoisotopic (exact) mass is 576 g/mol. The van der Waals surface area contributed by atoms with Crippen molar-refractivity contribution in [3.8, 4) is 11.4 Å². The summed E-state index contributed by atoms with van der Waals surface area (Å²) in [5.74, 6) is 0. The number of rotatable bonds is 2. The van der Waals surface area contributed by atoms with Crippen LogP contribution in [-0.2, 0) is 0 Å². The summed E-state index contributed by atoms with van der Waals surface area (Å²) in [6.45, 7) is 0. The third kappa shape index (κ3) is 2.89. The van der Waals surface area contributed by atoms with Crippen LogP contribution < -0.4 is 0 Å². The lowest BCUT2D eigenvalue weighted by atomic mass is 10.1. The van der Waals surface area contributed by atoms with Crippen molar-refractivity contribution in [2.24, 2.45) is 0 Å². The molecule has 40 heavy (non-hydrogen) atoms. The van der Waals surface area contributed by atoms with Crippen LogP contribution in [0.2, 0.25) is 0 Å². The summed E-state index contributed by atoms with van der Waals surface area (Å²) in [5, 5.41) is 7.09. The maximum atomic E-state index is 6.53. The van der Waals surface area contributed by atoms with Gasteiger partial charge in [0.05, 0.1) is 38.8 Å². The first-order valence-electron chi connectivity index (χ1n) is 13.4. The number of hydrogen-bond acceptors (Lipinski definition) is 1. The van der Waals surface area contributed by atoms with Gasteiger partial charge in [0.2, 0.25) is 0 Å². The molecule has 0 spiro atoms. The highest BCUT2D eigenvalue weighted by atomic mass is 79.9. The zero-order valence-corrected chi connectivity index (χ0v) is 22.9. The van der Waals surface area contributed by atoms with Crippen molar-refractivity contribution in [1.82, 2.24) is 9.13 Å². The van der Waals surface area contributed by atoms with E-state index in [1.54, 1.807) is 0 Å². The Kier molecular flexibility index (Phi) is 4.47. The Hall–Kier alpha value is -4.80. The van der Waals surface area contributed by atoms with Crippen molar-refractivity contribution in [2.45, 2.75) is 0 Å². The molecular weight excluding hydrogens is 556 g/mol. The summed E-state index contributed by atoms with van der Waals surface area (Å²) in [4.78, 5) is 0. The van der Waals surface area contributed by atoms with Gasteiger partial charge in [0.25, 0.3) is 0 Å². The largest absolute Gasteiger partial charge is 0.455 e. The number of halogens is 1. The van der Waals surface area contributed by atoms with Gasteiger partial charge < -0.3 is 13.6 Å². The highest BCUT2D eigenvalue weighted by Gasteiger charge is 2.21. The van der Waals surface area contributed by atoms with Crippen LogP contribution in [0, 0.1) is 0 Å². The van der Waals surface area contributed by atoms with Crippen LogP contribution in [0.15, 0.2) is 136 Å². The van der Waals surface area contributed by atoms with Crippen LogP contribution in [0.1, 0.15) is 0 Å². The molecule has 9 aromatic rings. The Morgan fingerprint density at radius 2 is 1.02 bits per heavy atom. The van der Waals surface area contributed by atoms with E-state index >= 15 is 0 Å². The molecule has 0 amide bonds. The quantitative estimate of drug-likeness (QED) is 0.200. The molecule has 6 aromatic carbocycles. The number of hydrogen-bond donors (Lipinski definition) is 0. The van der Waals surface area contributed by atoms with Gasteiger partial charge in [-0.3, -0.25) is 0 Å². The zero-order valence-electron chi connectivity index (χ0n) is 21.3. The molecule has 0 aliphatic rings. The topological polar surface area (TPSA) is 23.0 Å². The Morgan fingerprint density at radius 3 is 1.82 bits per heavy atom. The number of fused-ring (bicyclic) bond motifs is 10. The zero-order chi connectivity index (χ0) is 26.4. The molecule has 0 bridgehead atoms. The van der Waals surface area contributed by atoms with Crippen molar-refractivity contribution in [3.63, 3.8) is 0 Å². The molecule has 0 aliphatic heterocycles. The maximum absolute atomic E-state index is 6.53. The molecule has 0 saturated carbocycles. The molecule has 0 N–H and O–H groups in total. The van der Waals surface area contributed by atoms with Crippen LogP contribution in [0.4, 0.5) is 0 Å². The van der Waals surface area contributed by atoms with Crippen molar-refractivity contribution >= 4 is 81.5 Å². The third-order valence-electron chi connectivity index (χ3n) is 8.18. The van der Waals surface area contributed by atoms with Crippen molar-refractivity contribution in [3.05, 3.63) is 132 Å². The van der Waals surface area contributed by atoms with E-state index in [1.807, 2.05) is 6.07 Å². The Morgan fingerprint density at radius 1 is 0.450 bits per heavy atom. The van der Waals surface area contributed by atoms with Gasteiger partial charge in [-0.2, -0.15) is 0 Å². The van der Waals surface area contributed by atoms with E-state index in [-0.39, 0.29) is 0 Å². The van der Waals surface area contributed by atoms with Crippen LogP contribution in [0.3, 0.4) is 0 Å². The number of aromatic nitrogens is 2. The van der Waals surface area contributed by atoms with E-state index < -0.39 is 0 Å². The predicted octanol–water partition coefficient (Wildman–Crippen LogP) is 10.5. The molecule has 4 heteroatoms. The molecule has 0 radical (unpaired) electrons. The van der Waals surface area contributed by atoms with Crippen LogP contribution in [-0.4, -0.2) is 9.13 Å². The second kappa shape index (κ2) is 8.10. The van der Waals surface area contributed by atoms with E-state index in [1.165, 1.54) is 27.2 Å². The molecule has 0 fully saturated rings. The number of nitrogens with zero attached hydrogens (tertiary/aromatic N) is 2. The van der Waals surface area contributed by atoms with E-state index in [2.05, 4.69) is 146 Å². The maximum Gasteiger partial charge on any atom is 0.145 e. The SMILES string of the molecule is Brc1ccc2c3ccccc3n(-c3ccccc3-n3c4ccccc4c4c5oc6ccccc6c5ccc43)c2c1. The molecule has 0 aliphatic carbocycles. The fourth-order valence-electron chi connectivity index (χ4n) is 6.54. The average Bonchev–Trinajstić information content (AvgIpc) is 3.64. The van der Waals surface area contributed by atoms with Crippen LogP contribution in [0.25, 0.3) is 76.9 Å². The van der Waals surface area contributed by atoms with E-state index in [0.29, 0.717) is 0 Å². The minimum absolute atomic E-state index is 0.915. The Bertz CT molecular complexity index is 2460. The number of para-hydroxylation sites is 5. The highest BCUT2D eigenvalue weighted by molar-refractivity contribution is 9.10. The van der Waals surface area contributed by atoms with Gasteiger partial charge in [-0.1, -0.05) is 88.7 Å². The molecule has 3 aromatic heterocycles. The lowest BCUT2D eigenvalue weighted by Crippen LogP contribution is -2.03. The van der Waals surface area contributed by atoms with Crippen LogP contribution >= 0.6 is 15.9 Å². The molecule has 0 atom stereocenters. The second-order valence-corrected chi connectivity index (χ2v) is 11.2. The third-order valence-corrected chi connectivity index (χ3v) is 8.67. The van der Waals surface area contributed by atoms with Gasteiger partial charge >= 0.3 is 0 Å². The standard InChI is InChI=1S/C36H21BrN2O/c37-22-17-18-24-23-9-1-4-12-28(23)39(33(24)21-22)31-15-7-6-14-30(31)38-29-13-5-2-11-27(29)35-32(38)20-19-26-25-10-3-8-16-34(25)40-36(26)35/h1-21H. The average molecular weight is 577 g/mol. The molecule has 3 heterocycles. The summed E-state index contributed by atoms with van der Waals surface area (Å²) < 4.78 is 12.4. The summed E-state index contributed by atoms with van der Waals surface area (Å²) >= 11 is 3.73.